The second-order valence-electron chi connectivity index (χ2n) is 9.16. The Morgan fingerprint density at radius 3 is 2.13 bits per heavy atom. The standard InChI is InChI=1S/C29H29F2N3O4/c1-19(35)32-23-10-6-20(7-11-23)18-27(36)34-16-14-22(15-17-34)21-8-12-24(13-9-21)33-28(37)25-4-2-3-5-26(25)38-29(30)31/h2-13,22,29H,14-18H2,1H3,(H,32,35)(H,33,37). The van der Waals surface area contributed by atoms with E-state index in [-0.39, 0.29) is 23.1 Å². The van der Waals surface area contributed by atoms with Crippen molar-refractivity contribution in [2.75, 3.05) is 23.7 Å². The molecular weight excluding hydrogens is 492 g/mol. The lowest BCUT2D eigenvalue weighted by atomic mass is 9.89. The number of nitrogens with one attached hydrogen (secondary N) is 2. The molecule has 3 aromatic carbocycles. The van der Waals surface area contributed by atoms with E-state index in [1.54, 1.807) is 30.3 Å². The van der Waals surface area contributed by atoms with Gasteiger partial charge in [-0.1, -0.05) is 36.4 Å². The maximum Gasteiger partial charge on any atom is 0.387 e. The molecule has 1 heterocycles. The van der Waals surface area contributed by atoms with E-state index in [2.05, 4.69) is 15.4 Å². The van der Waals surface area contributed by atoms with E-state index in [4.69, 9.17) is 0 Å². The Morgan fingerprint density at radius 2 is 1.50 bits per heavy atom. The van der Waals surface area contributed by atoms with Crippen LogP contribution in [-0.4, -0.2) is 42.3 Å². The van der Waals surface area contributed by atoms with Gasteiger partial charge in [0.1, 0.15) is 5.75 Å². The summed E-state index contributed by atoms with van der Waals surface area (Å²) in [5.41, 5.74) is 3.28. The van der Waals surface area contributed by atoms with E-state index < -0.39 is 12.5 Å². The number of carbonyl (C=O) groups is 3. The van der Waals surface area contributed by atoms with Crippen LogP contribution >= 0.6 is 0 Å². The first-order chi connectivity index (χ1) is 18.3. The maximum atomic E-state index is 12.8. The summed E-state index contributed by atoms with van der Waals surface area (Å²) in [6.07, 6.45) is 1.97. The second-order valence-corrected chi connectivity index (χ2v) is 9.16. The molecule has 198 valence electrons. The van der Waals surface area contributed by atoms with Crippen LogP contribution in [0.4, 0.5) is 20.2 Å². The highest BCUT2D eigenvalue weighted by Gasteiger charge is 2.24. The largest absolute Gasteiger partial charge is 0.434 e. The second kappa shape index (κ2) is 12.3. The van der Waals surface area contributed by atoms with E-state index in [0.29, 0.717) is 36.8 Å². The highest BCUT2D eigenvalue weighted by molar-refractivity contribution is 6.06. The smallest absolute Gasteiger partial charge is 0.387 e. The number of piperidine rings is 1. The van der Waals surface area contributed by atoms with Gasteiger partial charge in [-0.3, -0.25) is 14.4 Å². The molecule has 4 rings (SSSR count). The summed E-state index contributed by atoms with van der Waals surface area (Å²) in [4.78, 5) is 38.4. The molecule has 3 amide bonds. The topological polar surface area (TPSA) is 87.7 Å². The number of nitrogens with zero attached hydrogens (tertiary/aromatic N) is 1. The zero-order valence-electron chi connectivity index (χ0n) is 21.0. The molecule has 2 N–H and O–H groups in total. The molecule has 0 unspecified atom stereocenters. The van der Waals surface area contributed by atoms with Crippen molar-refractivity contribution in [2.24, 2.45) is 0 Å². The molecule has 0 aliphatic carbocycles. The Hall–Kier alpha value is -4.27. The summed E-state index contributed by atoms with van der Waals surface area (Å²) < 4.78 is 29.7. The molecule has 0 aromatic heterocycles. The molecule has 1 aliphatic heterocycles. The van der Waals surface area contributed by atoms with Crippen LogP contribution in [0.2, 0.25) is 0 Å². The number of carbonyl (C=O) groups excluding carboxylic acids is 3. The van der Waals surface area contributed by atoms with Gasteiger partial charge in [0.05, 0.1) is 12.0 Å². The first kappa shape index (κ1) is 26.8. The number of likely N-dealkylation sites (tertiary alicyclic amines) is 1. The van der Waals surface area contributed by atoms with Gasteiger partial charge < -0.3 is 20.3 Å². The van der Waals surface area contributed by atoms with Crippen molar-refractivity contribution in [3.05, 3.63) is 89.5 Å². The maximum absolute atomic E-state index is 12.8. The van der Waals surface area contributed by atoms with Crippen LogP contribution < -0.4 is 15.4 Å². The van der Waals surface area contributed by atoms with Gasteiger partial charge in [-0.2, -0.15) is 8.78 Å². The summed E-state index contributed by atoms with van der Waals surface area (Å²) in [7, 11) is 0. The lowest BCUT2D eigenvalue weighted by Gasteiger charge is -2.32. The number of hydrogen-bond acceptors (Lipinski definition) is 4. The third-order valence-electron chi connectivity index (χ3n) is 6.47. The van der Waals surface area contributed by atoms with Crippen LogP contribution in [0, 0.1) is 0 Å². The first-order valence-electron chi connectivity index (χ1n) is 12.4. The molecule has 0 saturated carbocycles. The van der Waals surface area contributed by atoms with Gasteiger partial charge in [0, 0.05) is 31.4 Å². The highest BCUT2D eigenvalue weighted by Crippen LogP contribution is 2.30. The van der Waals surface area contributed by atoms with Gasteiger partial charge in [0.15, 0.2) is 0 Å². The molecule has 3 aromatic rings. The van der Waals surface area contributed by atoms with Crippen LogP contribution in [0.5, 0.6) is 5.75 Å². The molecule has 1 saturated heterocycles. The summed E-state index contributed by atoms with van der Waals surface area (Å²) in [5, 5.41) is 5.44. The summed E-state index contributed by atoms with van der Waals surface area (Å²) in [6.45, 7) is -0.252. The molecular formula is C29H29F2N3O4. The Labute approximate surface area is 219 Å². The fourth-order valence-corrected chi connectivity index (χ4v) is 4.55. The number of ether oxygens (including phenoxy) is 1. The van der Waals surface area contributed by atoms with Crippen molar-refractivity contribution in [1.82, 2.24) is 4.90 Å². The Balaban J connectivity index is 1.28. The lowest BCUT2D eigenvalue weighted by molar-refractivity contribution is -0.131. The van der Waals surface area contributed by atoms with E-state index in [0.717, 1.165) is 24.0 Å². The van der Waals surface area contributed by atoms with Crippen LogP contribution in [-0.2, 0) is 16.0 Å². The quantitative estimate of drug-likeness (QED) is 0.413. The van der Waals surface area contributed by atoms with Gasteiger partial charge in [-0.05, 0) is 66.3 Å². The molecule has 0 atom stereocenters. The molecule has 0 radical (unpaired) electrons. The average molecular weight is 522 g/mol. The lowest BCUT2D eigenvalue weighted by Crippen LogP contribution is -2.38. The van der Waals surface area contributed by atoms with E-state index in [1.165, 1.54) is 25.1 Å². The zero-order valence-corrected chi connectivity index (χ0v) is 21.0. The number of alkyl halides is 2. The highest BCUT2D eigenvalue weighted by atomic mass is 19.3. The first-order valence-corrected chi connectivity index (χ1v) is 12.4. The third kappa shape index (κ3) is 7.15. The van der Waals surface area contributed by atoms with Gasteiger partial charge in [0.2, 0.25) is 11.8 Å². The number of anilines is 2. The predicted molar refractivity (Wildman–Crippen MR) is 140 cm³/mol. The number of benzene rings is 3. The van der Waals surface area contributed by atoms with Crippen LogP contribution in [0.15, 0.2) is 72.8 Å². The minimum atomic E-state index is -3.02. The SMILES string of the molecule is CC(=O)Nc1ccc(CC(=O)N2CCC(c3ccc(NC(=O)c4ccccc4OC(F)F)cc3)CC2)cc1. The minimum absolute atomic E-state index is 0.0255. The molecule has 7 nitrogen and oxygen atoms in total. The fourth-order valence-electron chi connectivity index (χ4n) is 4.55. The number of amides is 3. The number of para-hydroxylation sites is 1. The number of rotatable bonds is 8. The molecule has 1 aliphatic rings. The van der Waals surface area contributed by atoms with Crippen molar-refractivity contribution in [3.63, 3.8) is 0 Å². The van der Waals surface area contributed by atoms with E-state index >= 15 is 0 Å². The van der Waals surface area contributed by atoms with Crippen molar-refractivity contribution in [3.8, 4) is 5.75 Å². The van der Waals surface area contributed by atoms with E-state index in [1.807, 2.05) is 29.2 Å². The molecule has 0 bridgehead atoms. The molecule has 38 heavy (non-hydrogen) atoms. The number of hydrogen-bond donors (Lipinski definition) is 2. The Bertz CT molecular complexity index is 1270. The zero-order chi connectivity index (χ0) is 27.1. The summed E-state index contributed by atoms with van der Waals surface area (Å²) in [5.74, 6) is -0.490. The van der Waals surface area contributed by atoms with Gasteiger partial charge >= 0.3 is 6.61 Å². The molecule has 1 fully saturated rings. The molecule has 0 spiro atoms. The van der Waals surface area contributed by atoms with Crippen LogP contribution in [0.3, 0.4) is 0 Å². The Morgan fingerprint density at radius 1 is 0.895 bits per heavy atom. The summed E-state index contributed by atoms with van der Waals surface area (Å²) >= 11 is 0. The summed E-state index contributed by atoms with van der Waals surface area (Å²) in [6, 6.07) is 20.6. The van der Waals surface area contributed by atoms with Crippen molar-refractivity contribution in [2.45, 2.75) is 38.7 Å². The molecule has 9 heteroatoms. The average Bonchev–Trinajstić information content (AvgIpc) is 2.90. The van der Waals surface area contributed by atoms with Gasteiger partial charge in [-0.25, -0.2) is 0 Å². The van der Waals surface area contributed by atoms with Crippen molar-refractivity contribution in [1.29, 1.82) is 0 Å². The fraction of sp³-hybridized carbons (Fsp3) is 0.276. The third-order valence-corrected chi connectivity index (χ3v) is 6.47. The number of halogens is 2. The van der Waals surface area contributed by atoms with Gasteiger partial charge in [-0.15, -0.1) is 0 Å². The van der Waals surface area contributed by atoms with Crippen LogP contribution in [0.25, 0.3) is 0 Å². The van der Waals surface area contributed by atoms with Crippen LogP contribution in [0.1, 0.15) is 47.2 Å². The van der Waals surface area contributed by atoms with E-state index in [9.17, 15) is 23.2 Å². The van der Waals surface area contributed by atoms with Crippen molar-refractivity contribution >= 4 is 29.1 Å². The monoisotopic (exact) mass is 521 g/mol. The Kier molecular flexibility index (Phi) is 8.68. The van der Waals surface area contributed by atoms with Crippen molar-refractivity contribution < 1.29 is 27.9 Å². The normalized spacial score (nSPS) is 13.7. The predicted octanol–water partition coefficient (Wildman–Crippen LogP) is 5.45. The minimum Gasteiger partial charge on any atom is -0.434 e. The van der Waals surface area contributed by atoms with Gasteiger partial charge in [0.25, 0.3) is 5.91 Å².